The SMILES string of the molecule is c1ccc2sc(C(c3cccc4ccccc34)N3CCCNCC3)cc2c1. The van der Waals surface area contributed by atoms with Crippen molar-refractivity contribution in [1.29, 1.82) is 0 Å². The quantitative estimate of drug-likeness (QED) is 0.515. The molecule has 1 unspecified atom stereocenters. The van der Waals surface area contributed by atoms with Gasteiger partial charge in [0.2, 0.25) is 0 Å². The highest BCUT2D eigenvalue weighted by Crippen LogP contribution is 2.39. The van der Waals surface area contributed by atoms with Gasteiger partial charge in [0.25, 0.3) is 0 Å². The maximum Gasteiger partial charge on any atom is 0.0703 e. The molecular formula is C24H24N2S. The summed E-state index contributed by atoms with van der Waals surface area (Å²) in [6.45, 7) is 4.40. The largest absolute Gasteiger partial charge is 0.315 e. The summed E-state index contributed by atoms with van der Waals surface area (Å²) in [6, 6.07) is 27.1. The Balaban J connectivity index is 1.69. The fraction of sp³-hybridized carbons (Fsp3) is 0.250. The number of nitrogens with zero attached hydrogens (tertiary/aromatic N) is 1. The van der Waals surface area contributed by atoms with Gasteiger partial charge < -0.3 is 5.32 Å². The third kappa shape index (κ3) is 3.27. The van der Waals surface area contributed by atoms with Gasteiger partial charge in [-0.1, -0.05) is 60.7 Å². The van der Waals surface area contributed by atoms with Gasteiger partial charge in [0.1, 0.15) is 0 Å². The van der Waals surface area contributed by atoms with E-state index in [1.54, 1.807) is 0 Å². The Labute approximate surface area is 164 Å². The number of hydrogen-bond acceptors (Lipinski definition) is 3. The van der Waals surface area contributed by atoms with E-state index in [1.807, 2.05) is 11.3 Å². The highest BCUT2D eigenvalue weighted by Gasteiger charge is 2.26. The summed E-state index contributed by atoms with van der Waals surface area (Å²) in [4.78, 5) is 4.13. The van der Waals surface area contributed by atoms with E-state index in [9.17, 15) is 0 Å². The standard InChI is InChI=1S/C24H24N2S/c1-3-10-20-18(7-1)9-5-11-21(20)24(26-15-6-13-25-14-16-26)23-17-19-8-2-4-12-22(19)27-23/h1-5,7-12,17,24-25H,6,13-16H2. The van der Waals surface area contributed by atoms with Gasteiger partial charge in [0.15, 0.2) is 0 Å². The predicted molar refractivity (Wildman–Crippen MR) is 117 cm³/mol. The van der Waals surface area contributed by atoms with Crippen LogP contribution in [-0.2, 0) is 0 Å². The Bertz CT molecular complexity index is 1020. The van der Waals surface area contributed by atoms with Crippen LogP contribution >= 0.6 is 11.3 Å². The Morgan fingerprint density at radius 1 is 0.815 bits per heavy atom. The molecule has 1 aliphatic rings. The minimum Gasteiger partial charge on any atom is -0.315 e. The summed E-state index contributed by atoms with van der Waals surface area (Å²) in [5.74, 6) is 0. The summed E-state index contributed by atoms with van der Waals surface area (Å²) in [6.07, 6.45) is 1.20. The van der Waals surface area contributed by atoms with Gasteiger partial charge in [-0.05, 0) is 46.8 Å². The van der Waals surface area contributed by atoms with Crippen LogP contribution in [0.3, 0.4) is 0 Å². The molecule has 1 aromatic heterocycles. The lowest BCUT2D eigenvalue weighted by atomic mass is 9.96. The third-order valence-corrected chi connectivity index (χ3v) is 6.74. The first-order valence-electron chi connectivity index (χ1n) is 9.81. The highest BCUT2D eigenvalue weighted by atomic mass is 32.1. The summed E-state index contributed by atoms with van der Waals surface area (Å²) >= 11 is 1.95. The molecule has 1 fully saturated rings. The molecule has 0 bridgehead atoms. The maximum atomic E-state index is 3.56. The molecular weight excluding hydrogens is 348 g/mol. The van der Waals surface area contributed by atoms with Crippen LogP contribution in [0.5, 0.6) is 0 Å². The molecule has 0 amide bonds. The minimum atomic E-state index is 0.313. The Morgan fingerprint density at radius 2 is 1.63 bits per heavy atom. The van der Waals surface area contributed by atoms with Crippen molar-refractivity contribution < 1.29 is 0 Å². The van der Waals surface area contributed by atoms with Crippen LogP contribution in [0.15, 0.2) is 72.8 Å². The molecule has 2 nitrogen and oxygen atoms in total. The van der Waals surface area contributed by atoms with Gasteiger partial charge in [0.05, 0.1) is 6.04 Å². The number of thiophene rings is 1. The summed E-state index contributed by atoms with van der Waals surface area (Å²) in [5, 5.41) is 7.62. The van der Waals surface area contributed by atoms with Gasteiger partial charge in [0, 0.05) is 29.2 Å². The van der Waals surface area contributed by atoms with Gasteiger partial charge in [-0.15, -0.1) is 11.3 Å². The fourth-order valence-corrected chi connectivity index (χ4v) is 5.50. The Kier molecular flexibility index (Phi) is 4.66. The molecule has 0 saturated carbocycles. The van der Waals surface area contributed by atoms with Gasteiger partial charge >= 0.3 is 0 Å². The van der Waals surface area contributed by atoms with Crippen molar-refractivity contribution in [2.75, 3.05) is 26.2 Å². The molecule has 1 aliphatic heterocycles. The average molecular weight is 373 g/mol. The van der Waals surface area contributed by atoms with E-state index in [2.05, 4.69) is 83.0 Å². The van der Waals surface area contributed by atoms with E-state index in [-0.39, 0.29) is 0 Å². The highest BCUT2D eigenvalue weighted by molar-refractivity contribution is 7.19. The summed E-state index contributed by atoms with van der Waals surface area (Å²) in [7, 11) is 0. The van der Waals surface area contributed by atoms with Gasteiger partial charge in [-0.3, -0.25) is 4.90 Å². The smallest absolute Gasteiger partial charge is 0.0703 e. The number of benzene rings is 3. The molecule has 0 radical (unpaired) electrons. The van der Waals surface area contributed by atoms with Crippen LogP contribution in [-0.4, -0.2) is 31.1 Å². The van der Waals surface area contributed by atoms with Crippen molar-refractivity contribution >= 4 is 32.2 Å². The molecule has 4 aromatic rings. The molecule has 3 aromatic carbocycles. The number of hydrogen-bond donors (Lipinski definition) is 1. The van der Waals surface area contributed by atoms with Crippen LogP contribution in [0.1, 0.15) is 22.9 Å². The maximum absolute atomic E-state index is 3.56. The zero-order chi connectivity index (χ0) is 18.1. The van der Waals surface area contributed by atoms with E-state index >= 15 is 0 Å². The molecule has 0 spiro atoms. The van der Waals surface area contributed by atoms with E-state index in [1.165, 1.54) is 37.7 Å². The molecule has 0 aliphatic carbocycles. The van der Waals surface area contributed by atoms with Crippen molar-refractivity contribution in [2.24, 2.45) is 0 Å². The summed E-state index contributed by atoms with van der Waals surface area (Å²) < 4.78 is 1.38. The summed E-state index contributed by atoms with van der Waals surface area (Å²) in [5.41, 5.74) is 1.43. The van der Waals surface area contributed by atoms with E-state index in [4.69, 9.17) is 0 Å². The zero-order valence-corrected chi connectivity index (χ0v) is 16.2. The number of fused-ring (bicyclic) bond motifs is 2. The van der Waals surface area contributed by atoms with E-state index in [0.29, 0.717) is 6.04 Å². The van der Waals surface area contributed by atoms with Gasteiger partial charge in [-0.2, -0.15) is 0 Å². The Hall–Kier alpha value is -2.20. The van der Waals surface area contributed by atoms with Crippen LogP contribution in [0.4, 0.5) is 0 Å². The lowest BCUT2D eigenvalue weighted by molar-refractivity contribution is 0.245. The second-order valence-corrected chi connectivity index (χ2v) is 8.41. The number of nitrogens with one attached hydrogen (secondary N) is 1. The molecule has 1 saturated heterocycles. The lowest BCUT2D eigenvalue weighted by Crippen LogP contribution is -2.32. The molecule has 5 rings (SSSR count). The third-order valence-electron chi connectivity index (χ3n) is 5.57. The first kappa shape index (κ1) is 16.9. The molecule has 3 heteroatoms. The molecule has 2 heterocycles. The van der Waals surface area contributed by atoms with Crippen molar-refractivity contribution in [3.05, 3.63) is 83.2 Å². The topological polar surface area (TPSA) is 15.3 Å². The monoisotopic (exact) mass is 372 g/mol. The van der Waals surface area contributed by atoms with Crippen LogP contribution in [0.25, 0.3) is 20.9 Å². The van der Waals surface area contributed by atoms with Crippen molar-refractivity contribution in [3.63, 3.8) is 0 Å². The molecule has 1 N–H and O–H groups in total. The van der Waals surface area contributed by atoms with E-state index in [0.717, 1.165) is 26.2 Å². The van der Waals surface area contributed by atoms with Crippen LogP contribution in [0, 0.1) is 0 Å². The number of rotatable bonds is 3. The second kappa shape index (κ2) is 7.43. The first-order chi connectivity index (χ1) is 13.4. The Morgan fingerprint density at radius 3 is 2.56 bits per heavy atom. The van der Waals surface area contributed by atoms with Crippen molar-refractivity contribution in [3.8, 4) is 0 Å². The van der Waals surface area contributed by atoms with Crippen molar-refractivity contribution in [1.82, 2.24) is 10.2 Å². The van der Waals surface area contributed by atoms with Gasteiger partial charge in [-0.25, -0.2) is 0 Å². The second-order valence-electron chi connectivity index (χ2n) is 7.30. The minimum absolute atomic E-state index is 0.313. The van der Waals surface area contributed by atoms with Crippen molar-refractivity contribution in [2.45, 2.75) is 12.5 Å². The molecule has 1 atom stereocenters. The average Bonchev–Trinajstić information content (AvgIpc) is 2.95. The van der Waals surface area contributed by atoms with Crippen LogP contribution < -0.4 is 5.32 Å². The van der Waals surface area contributed by atoms with E-state index < -0.39 is 0 Å². The molecule has 136 valence electrons. The first-order valence-corrected chi connectivity index (χ1v) is 10.6. The zero-order valence-electron chi connectivity index (χ0n) is 15.4. The van der Waals surface area contributed by atoms with Crippen LogP contribution in [0.2, 0.25) is 0 Å². The normalized spacial score (nSPS) is 17.2. The fourth-order valence-electron chi connectivity index (χ4n) is 4.28. The molecule has 27 heavy (non-hydrogen) atoms. The predicted octanol–water partition coefficient (Wildman–Crippen LogP) is 5.44. The lowest BCUT2D eigenvalue weighted by Gasteiger charge is -2.31.